The second-order valence-corrected chi connectivity index (χ2v) is 9.79. The molecule has 2 nitrogen and oxygen atoms in total. The molecule has 0 bridgehead atoms. The van der Waals surface area contributed by atoms with Gasteiger partial charge in [-0.3, -0.25) is 4.79 Å². The molecule has 0 radical (unpaired) electrons. The van der Waals surface area contributed by atoms with Crippen molar-refractivity contribution in [3.8, 4) is 0 Å². The van der Waals surface area contributed by atoms with E-state index in [1.165, 1.54) is 18.4 Å². The highest BCUT2D eigenvalue weighted by atomic mass is 16.3. The number of carbonyl (C=O) groups excluding carboxylic acids is 1. The van der Waals surface area contributed by atoms with E-state index in [1.54, 1.807) is 0 Å². The molecule has 23 heavy (non-hydrogen) atoms. The smallest absolute Gasteiger partial charge is 0.155 e. The van der Waals surface area contributed by atoms with E-state index in [9.17, 15) is 9.90 Å². The molecule has 0 spiro atoms. The van der Waals surface area contributed by atoms with Crippen LogP contribution in [0.15, 0.2) is 11.6 Å². The Hall–Kier alpha value is -0.630. The lowest BCUT2D eigenvalue weighted by Gasteiger charge is -2.60. The lowest BCUT2D eigenvalue weighted by Crippen LogP contribution is -2.55. The number of carbonyl (C=O) groups is 1. The highest BCUT2D eigenvalue weighted by Gasteiger charge is 2.63. The Kier molecular flexibility index (Phi) is 3.25. The Morgan fingerprint density at radius 3 is 2.52 bits per heavy atom. The topological polar surface area (TPSA) is 37.3 Å². The maximum atomic E-state index is 11.9. The van der Waals surface area contributed by atoms with Crippen LogP contribution in [-0.2, 0) is 4.79 Å². The van der Waals surface area contributed by atoms with Crippen molar-refractivity contribution >= 4 is 5.78 Å². The van der Waals surface area contributed by atoms with Crippen LogP contribution in [0.3, 0.4) is 0 Å². The fraction of sp³-hybridized carbons (Fsp3) is 0.857. The molecular weight excluding hydrogens is 284 g/mol. The minimum absolute atomic E-state index is 0.0878. The molecule has 3 fully saturated rings. The maximum absolute atomic E-state index is 11.9. The van der Waals surface area contributed by atoms with Crippen molar-refractivity contribution < 1.29 is 9.90 Å². The van der Waals surface area contributed by atoms with Crippen molar-refractivity contribution in [1.29, 1.82) is 0 Å². The van der Waals surface area contributed by atoms with E-state index in [1.807, 2.05) is 6.08 Å². The first-order chi connectivity index (χ1) is 10.7. The third-order valence-corrected chi connectivity index (χ3v) is 8.87. The monoisotopic (exact) mass is 316 g/mol. The van der Waals surface area contributed by atoms with Crippen LogP contribution in [0.1, 0.15) is 72.6 Å². The number of hydrogen-bond donors (Lipinski definition) is 1. The first-order valence-electron chi connectivity index (χ1n) is 9.65. The van der Waals surface area contributed by atoms with Crippen LogP contribution in [-0.4, -0.2) is 16.5 Å². The summed E-state index contributed by atoms with van der Waals surface area (Å²) in [6.45, 7) is 9.26. The third-order valence-electron chi connectivity index (χ3n) is 8.87. The Morgan fingerprint density at radius 1 is 1.09 bits per heavy atom. The van der Waals surface area contributed by atoms with Crippen molar-refractivity contribution in [2.45, 2.75) is 78.2 Å². The van der Waals surface area contributed by atoms with Crippen LogP contribution >= 0.6 is 0 Å². The largest absolute Gasteiger partial charge is 0.390 e. The van der Waals surface area contributed by atoms with Crippen LogP contribution < -0.4 is 0 Å². The maximum Gasteiger partial charge on any atom is 0.155 e. The minimum Gasteiger partial charge on any atom is -0.390 e. The second kappa shape index (κ2) is 4.71. The van der Waals surface area contributed by atoms with Gasteiger partial charge in [0.25, 0.3) is 0 Å². The van der Waals surface area contributed by atoms with Gasteiger partial charge in [0.2, 0.25) is 0 Å². The fourth-order valence-electron chi connectivity index (χ4n) is 7.15. The average molecular weight is 316 g/mol. The number of fused-ring (bicyclic) bond motifs is 5. The average Bonchev–Trinajstić information content (AvgIpc) is 2.72. The van der Waals surface area contributed by atoms with Crippen molar-refractivity contribution in [3.05, 3.63) is 11.6 Å². The van der Waals surface area contributed by atoms with Crippen LogP contribution in [0.2, 0.25) is 0 Å². The number of allylic oxidation sites excluding steroid dienone is 1. The summed E-state index contributed by atoms with van der Waals surface area (Å²) in [6, 6.07) is 0. The summed E-state index contributed by atoms with van der Waals surface area (Å²) in [5, 5.41) is 11.0. The SMILES string of the molecule is CC1CC2=CC(=O)CC[C@]2(C)[C@H]2CC[C@@]3(C)[C@@H](CC[C@]3(C)O)C12. The summed E-state index contributed by atoms with van der Waals surface area (Å²) in [4.78, 5) is 11.9. The van der Waals surface area contributed by atoms with E-state index in [-0.39, 0.29) is 10.8 Å². The highest BCUT2D eigenvalue weighted by molar-refractivity contribution is 5.91. The number of rotatable bonds is 0. The molecule has 0 aromatic heterocycles. The summed E-state index contributed by atoms with van der Waals surface area (Å²) in [6.07, 6.45) is 9.39. The van der Waals surface area contributed by atoms with Crippen molar-refractivity contribution in [3.63, 3.8) is 0 Å². The van der Waals surface area contributed by atoms with Gasteiger partial charge < -0.3 is 5.11 Å². The van der Waals surface area contributed by atoms with Gasteiger partial charge in [0.05, 0.1) is 5.60 Å². The van der Waals surface area contributed by atoms with Crippen LogP contribution in [0.25, 0.3) is 0 Å². The van der Waals surface area contributed by atoms with Gasteiger partial charge in [-0.2, -0.15) is 0 Å². The highest BCUT2D eigenvalue weighted by Crippen LogP contribution is 2.68. The van der Waals surface area contributed by atoms with Gasteiger partial charge in [-0.1, -0.05) is 26.3 Å². The quantitative estimate of drug-likeness (QED) is 0.713. The number of ketones is 1. The van der Waals surface area contributed by atoms with Gasteiger partial charge in [-0.05, 0) is 86.0 Å². The normalized spacial score (nSPS) is 55.7. The molecule has 128 valence electrons. The molecule has 7 atom stereocenters. The summed E-state index contributed by atoms with van der Waals surface area (Å²) in [7, 11) is 0. The standard InChI is InChI=1S/C21H32O2/c1-13-11-14-12-15(22)5-8-19(14,2)16-6-9-20(3)17(18(13)16)7-10-21(20,4)23/h12-13,16-18,23H,5-11H2,1-4H3/t13?,16-,17-,18?,19-,20-,21-/m0/s1. The number of aliphatic hydroxyl groups is 1. The van der Waals surface area contributed by atoms with E-state index in [0.29, 0.717) is 23.5 Å². The molecule has 0 aromatic carbocycles. The zero-order valence-electron chi connectivity index (χ0n) is 15.2. The van der Waals surface area contributed by atoms with Gasteiger partial charge >= 0.3 is 0 Å². The molecule has 1 N–H and O–H groups in total. The molecule has 4 aliphatic carbocycles. The predicted octanol–water partition coefficient (Wildman–Crippen LogP) is 4.52. The molecule has 0 heterocycles. The van der Waals surface area contributed by atoms with Gasteiger partial charge in [-0.25, -0.2) is 0 Å². The van der Waals surface area contributed by atoms with Crippen molar-refractivity contribution in [2.24, 2.45) is 34.5 Å². The minimum atomic E-state index is -0.498. The molecule has 4 rings (SSSR count). The lowest BCUT2D eigenvalue weighted by molar-refractivity contribution is -0.132. The molecule has 4 aliphatic rings. The van der Waals surface area contributed by atoms with E-state index < -0.39 is 5.60 Å². The number of hydrogen-bond acceptors (Lipinski definition) is 2. The molecule has 0 aromatic rings. The lowest BCUT2D eigenvalue weighted by atomic mass is 9.44. The van der Waals surface area contributed by atoms with Crippen LogP contribution in [0.4, 0.5) is 0 Å². The van der Waals surface area contributed by atoms with E-state index >= 15 is 0 Å². The Bertz CT molecular complexity index is 574. The summed E-state index contributed by atoms with van der Waals surface area (Å²) >= 11 is 0. The van der Waals surface area contributed by atoms with E-state index in [0.717, 1.165) is 38.0 Å². The molecule has 2 unspecified atom stereocenters. The molecule has 0 aliphatic heterocycles. The molecular formula is C21H32O2. The van der Waals surface area contributed by atoms with E-state index in [2.05, 4.69) is 27.7 Å². The van der Waals surface area contributed by atoms with Gasteiger partial charge in [-0.15, -0.1) is 0 Å². The van der Waals surface area contributed by atoms with Gasteiger partial charge in [0.1, 0.15) is 0 Å². The second-order valence-electron chi connectivity index (χ2n) is 9.79. The zero-order chi connectivity index (χ0) is 16.6. The Morgan fingerprint density at radius 2 is 1.78 bits per heavy atom. The van der Waals surface area contributed by atoms with E-state index in [4.69, 9.17) is 0 Å². The summed E-state index contributed by atoms with van der Waals surface area (Å²) in [5.74, 6) is 3.06. The Balaban J connectivity index is 1.74. The fourth-order valence-corrected chi connectivity index (χ4v) is 7.15. The Labute approximate surface area is 140 Å². The summed E-state index contributed by atoms with van der Waals surface area (Å²) in [5.41, 5.74) is 1.27. The van der Waals surface area contributed by atoms with Crippen molar-refractivity contribution in [2.75, 3.05) is 0 Å². The van der Waals surface area contributed by atoms with Crippen molar-refractivity contribution in [1.82, 2.24) is 0 Å². The third kappa shape index (κ3) is 1.94. The summed E-state index contributed by atoms with van der Waals surface area (Å²) < 4.78 is 0. The van der Waals surface area contributed by atoms with Crippen LogP contribution in [0, 0.1) is 34.5 Å². The molecule has 0 saturated heterocycles. The molecule has 0 amide bonds. The first-order valence-corrected chi connectivity index (χ1v) is 9.65. The first kappa shape index (κ1) is 15.9. The van der Waals surface area contributed by atoms with Crippen LogP contribution in [0.5, 0.6) is 0 Å². The molecule has 3 saturated carbocycles. The van der Waals surface area contributed by atoms with Gasteiger partial charge in [0.15, 0.2) is 5.78 Å². The van der Waals surface area contributed by atoms with Gasteiger partial charge in [0, 0.05) is 6.42 Å². The molecule has 2 heteroatoms. The predicted molar refractivity (Wildman–Crippen MR) is 91.9 cm³/mol. The zero-order valence-corrected chi connectivity index (χ0v) is 15.2.